The Bertz CT molecular complexity index is 551. The number of hydrogen-bond acceptors (Lipinski definition) is 6. The molecule has 0 aromatic carbocycles. The molecule has 0 bridgehead atoms. The van der Waals surface area contributed by atoms with Gasteiger partial charge in [0, 0.05) is 32.2 Å². The summed E-state index contributed by atoms with van der Waals surface area (Å²) in [7, 11) is 0. The molecule has 1 N–H and O–H groups in total. The molecular weight excluding hydrogens is 297 g/mol. The minimum atomic E-state index is -0.343. The van der Waals surface area contributed by atoms with Crippen molar-refractivity contribution in [3.63, 3.8) is 0 Å². The van der Waals surface area contributed by atoms with Gasteiger partial charge in [-0.3, -0.25) is 0 Å². The van der Waals surface area contributed by atoms with Gasteiger partial charge >= 0.3 is 0 Å². The summed E-state index contributed by atoms with van der Waals surface area (Å²) in [4.78, 5) is 13.0. The Morgan fingerprint density at radius 3 is 2.91 bits per heavy atom. The molecule has 0 saturated carbocycles. The molecule has 0 radical (unpaired) electrons. The van der Waals surface area contributed by atoms with Crippen molar-refractivity contribution in [2.24, 2.45) is 5.92 Å². The number of halogens is 1. The van der Waals surface area contributed by atoms with E-state index in [2.05, 4.69) is 20.2 Å². The summed E-state index contributed by atoms with van der Waals surface area (Å²) in [6, 6.07) is 0.624. The van der Waals surface area contributed by atoms with Gasteiger partial charge in [-0.2, -0.15) is 4.98 Å². The second-order valence-corrected chi connectivity index (χ2v) is 6.64. The van der Waals surface area contributed by atoms with Crippen molar-refractivity contribution in [3.05, 3.63) is 12.0 Å². The van der Waals surface area contributed by atoms with Crippen molar-refractivity contribution < 1.29 is 9.13 Å². The largest absolute Gasteiger partial charge is 0.378 e. The smallest absolute Gasteiger partial charge is 0.227 e. The number of rotatable bonds is 2. The Morgan fingerprint density at radius 2 is 2.04 bits per heavy atom. The van der Waals surface area contributed by atoms with E-state index < -0.39 is 0 Å². The summed E-state index contributed by atoms with van der Waals surface area (Å²) in [6.45, 7) is 5.64. The SMILES string of the molecule is Fc1cnc(N2CC[C@@H]3NCCC[C@@H]3C2)nc1N1CCOCC1. The molecule has 1 aromatic rings. The molecule has 0 amide bonds. The van der Waals surface area contributed by atoms with Crippen molar-refractivity contribution in [3.8, 4) is 0 Å². The zero-order valence-corrected chi connectivity index (χ0v) is 13.4. The van der Waals surface area contributed by atoms with Crippen LogP contribution in [-0.2, 0) is 4.74 Å². The first kappa shape index (κ1) is 15.1. The summed E-state index contributed by atoms with van der Waals surface area (Å²) < 4.78 is 19.5. The topological polar surface area (TPSA) is 53.5 Å². The van der Waals surface area contributed by atoms with Crippen molar-refractivity contribution in [2.45, 2.75) is 25.3 Å². The molecular formula is C16H24FN5O. The summed E-state index contributed by atoms with van der Waals surface area (Å²) in [5.41, 5.74) is 0. The third kappa shape index (κ3) is 3.12. The lowest BCUT2D eigenvalue weighted by Gasteiger charge is -2.42. The van der Waals surface area contributed by atoms with E-state index in [1.54, 1.807) is 0 Å². The van der Waals surface area contributed by atoms with Gasteiger partial charge in [-0.15, -0.1) is 0 Å². The van der Waals surface area contributed by atoms with E-state index in [1.807, 2.05) is 4.90 Å². The van der Waals surface area contributed by atoms with Crippen LogP contribution in [0.15, 0.2) is 6.20 Å². The van der Waals surface area contributed by atoms with Crippen molar-refractivity contribution in [2.75, 3.05) is 55.7 Å². The molecule has 3 saturated heterocycles. The van der Waals surface area contributed by atoms with Crippen LogP contribution < -0.4 is 15.1 Å². The van der Waals surface area contributed by atoms with E-state index in [9.17, 15) is 4.39 Å². The van der Waals surface area contributed by atoms with Gasteiger partial charge in [-0.1, -0.05) is 0 Å². The van der Waals surface area contributed by atoms with Gasteiger partial charge < -0.3 is 19.9 Å². The van der Waals surface area contributed by atoms with Crippen LogP contribution in [0.4, 0.5) is 16.2 Å². The molecule has 1 aromatic heterocycles. The van der Waals surface area contributed by atoms with Crippen molar-refractivity contribution in [1.82, 2.24) is 15.3 Å². The van der Waals surface area contributed by atoms with Gasteiger partial charge in [0.25, 0.3) is 0 Å². The zero-order chi connectivity index (χ0) is 15.6. The van der Waals surface area contributed by atoms with Crippen molar-refractivity contribution in [1.29, 1.82) is 0 Å². The van der Waals surface area contributed by atoms with Crippen LogP contribution >= 0.6 is 0 Å². The lowest BCUT2D eigenvalue weighted by atomic mass is 9.85. The number of hydrogen-bond donors (Lipinski definition) is 1. The molecule has 2 atom stereocenters. The minimum Gasteiger partial charge on any atom is -0.378 e. The van der Waals surface area contributed by atoms with Crippen LogP contribution in [0.3, 0.4) is 0 Å². The molecule has 4 heterocycles. The Kier molecular flexibility index (Phi) is 4.31. The third-order valence-electron chi connectivity index (χ3n) is 5.20. The highest BCUT2D eigenvalue weighted by molar-refractivity contribution is 5.45. The highest BCUT2D eigenvalue weighted by Gasteiger charge is 2.32. The number of morpholine rings is 1. The van der Waals surface area contributed by atoms with Crippen LogP contribution in [0.1, 0.15) is 19.3 Å². The average molecular weight is 321 g/mol. The van der Waals surface area contributed by atoms with Gasteiger partial charge in [-0.25, -0.2) is 9.37 Å². The first-order chi connectivity index (χ1) is 11.3. The molecule has 3 aliphatic heterocycles. The summed E-state index contributed by atoms with van der Waals surface area (Å²) in [5, 5.41) is 3.62. The second-order valence-electron chi connectivity index (χ2n) is 6.64. The predicted octanol–water partition coefficient (Wildman–Crippen LogP) is 1.03. The van der Waals surface area contributed by atoms with Crippen molar-refractivity contribution >= 4 is 11.8 Å². The average Bonchev–Trinajstić information content (AvgIpc) is 2.62. The molecule has 6 nitrogen and oxygen atoms in total. The summed E-state index contributed by atoms with van der Waals surface area (Å²) >= 11 is 0. The number of nitrogens with one attached hydrogen (secondary N) is 1. The van der Waals surface area contributed by atoms with E-state index >= 15 is 0 Å². The fourth-order valence-electron chi connectivity index (χ4n) is 3.93. The molecule has 3 fully saturated rings. The zero-order valence-electron chi connectivity index (χ0n) is 13.4. The van der Waals surface area contributed by atoms with Crippen LogP contribution in [0.2, 0.25) is 0 Å². The number of nitrogens with zero attached hydrogens (tertiary/aromatic N) is 4. The predicted molar refractivity (Wildman–Crippen MR) is 86.4 cm³/mol. The lowest BCUT2D eigenvalue weighted by Crippen LogP contribution is -2.52. The summed E-state index contributed by atoms with van der Waals surface area (Å²) in [5.74, 6) is 1.39. The van der Waals surface area contributed by atoms with Gasteiger partial charge in [0.1, 0.15) is 0 Å². The van der Waals surface area contributed by atoms with Crippen LogP contribution in [0.25, 0.3) is 0 Å². The fraction of sp³-hybridized carbons (Fsp3) is 0.750. The van der Waals surface area contributed by atoms with E-state index in [1.165, 1.54) is 19.0 Å². The highest BCUT2D eigenvalue weighted by Crippen LogP contribution is 2.28. The quantitative estimate of drug-likeness (QED) is 0.878. The van der Waals surface area contributed by atoms with Gasteiger partial charge in [0.2, 0.25) is 5.95 Å². The number of aromatic nitrogens is 2. The van der Waals surface area contributed by atoms with Gasteiger partial charge in [0.05, 0.1) is 19.4 Å². The monoisotopic (exact) mass is 321 g/mol. The number of fused-ring (bicyclic) bond motifs is 1. The van der Waals surface area contributed by atoms with E-state index in [0.717, 1.165) is 26.1 Å². The van der Waals surface area contributed by atoms with E-state index in [4.69, 9.17) is 4.74 Å². The van der Waals surface area contributed by atoms with Crippen LogP contribution in [-0.4, -0.2) is 61.9 Å². The molecule has 0 unspecified atom stereocenters. The van der Waals surface area contributed by atoms with Crippen LogP contribution in [0, 0.1) is 11.7 Å². The number of piperidine rings is 2. The molecule has 0 spiro atoms. The van der Waals surface area contributed by atoms with Crippen LogP contribution in [0.5, 0.6) is 0 Å². The first-order valence-electron chi connectivity index (χ1n) is 8.65. The maximum Gasteiger partial charge on any atom is 0.227 e. The third-order valence-corrected chi connectivity index (χ3v) is 5.20. The highest BCUT2D eigenvalue weighted by atomic mass is 19.1. The fourth-order valence-corrected chi connectivity index (χ4v) is 3.93. The minimum absolute atomic E-state index is 0.343. The molecule has 7 heteroatoms. The second kappa shape index (κ2) is 6.57. The van der Waals surface area contributed by atoms with Gasteiger partial charge in [0.15, 0.2) is 11.6 Å². The normalized spacial score (nSPS) is 28.6. The van der Waals surface area contributed by atoms with E-state index in [0.29, 0.717) is 50.0 Å². The van der Waals surface area contributed by atoms with Gasteiger partial charge in [-0.05, 0) is 31.7 Å². The molecule has 23 heavy (non-hydrogen) atoms. The number of anilines is 2. The Hall–Kier alpha value is -1.47. The maximum atomic E-state index is 14.2. The number of ether oxygens (including phenoxy) is 1. The standard InChI is InChI=1S/C16H24FN5O/c17-13-10-19-16(20-15(13)21-6-8-23-9-7-21)22-5-3-14-12(11-22)2-1-4-18-14/h10,12,14,18H,1-9,11H2/t12-,14+/m1/s1. The first-order valence-corrected chi connectivity index (χ1v) is 8.65. The summed E-state index contributed by atoms with van der Waals surface area (Å²) in [6.07, 6.45) is 4.92. The molecule has 4 rings (SSSR count). The Balaban J connectivity index is 1.52. The molecule has 0 aliphatic carbocycles. The lowest BCUT2D eigenvalue weighted by molar-refractivity contribution is 0.122. The Morgan fingerprint density at radius 1 is 1.17 bits per heavy atom. The molecule has 3 aliphatic rings. The van der Waals surface area contributed by atoms with E-state index in [-0.39, 0.29) is 5.82 Å². The molecule has 126 valence electrons. The maximum absolute atomic E-state index is 14.2. The Labute approximate surface area is 136 Å².